The van der Waals surface area contributed by atoms with Crippen LogP contribution < -0.4 is 0 Å². The number of hydrogen-bond acceptors (Lipinski definition) is 4. The van der Waals surface area contributed by atoms with Gasteiger partial charge in [-0.05, 0) is 44.8 Å². The zero-order chi connectivity index (χ0) is 17.6. The summed E-state index contributed by atoms with van der Waals surface area (Å²) >= 11 is 4.63. The molecule has 126 valence electrons. The van der Waals surface area contributed by atoms with Gasteiger partial charge < -0.3 is 4.74 Å². The van der Waals surface area contributed by atoms with Crippen LogP contribution in [0.3, 0.4) is 0 Å². The van der Waals surface area contributed by atoms with Gasteiger partial charge in [0, 0.05) is 0 Å². The van der Waals surface area contributed by atoms with Gasteiger partial charge in [0.05, 0.1) is 15.1 Å². The van der Waals surface area contributed by atoms with Gasteiger partial charge in [0.2, 0.25) is 5.78 Å². The molecule has 3 aromatic rings. The van der Waals surface area contributed by atoms with Gasteiger partial charge >= 0.3 is 5.97 Å². The molecule has 2 aromatic carbocycles. The predicted molar refractivity (Wildman–Crippen MR) is 103 cm³/mol. The predicted octanol–water partition coefficient (Wildman–Crippen LogP) is 5.15. The van der Waals surface area contributed by atoms with E-state index in [2.05, 4.69) is 15.9 Å². The average Bonchev–Trinajstić information content (AvgIpc) is 3.08. The molecule has 0 aliphatic heterocycles. The molecule has 0 N–H and O–H groups in total. The largest absolute Gasteiger partial charge is 0.457 e. The van der Waals surface area contributed by atoms with Crippen molar-refractivity contribution in [2.24, 2.45) is 0 Å². The number of ketones is 1. The Morgan fingerprint density at radius 2 is 1.56 bits per heavy atom. The molecule has 0 radical (unpaired) electrons. The second kappa shape index (κ2) is 8.23. The molecule has 0 fully saturated rings. The van der Waals surface area contributed by atoms with Gasteiger partial charge in [-0.1, -0.05) is 54.6 Å². The van der Waals surface area contributed by atoms with Crippen molar-refractivity contribution in [3.8, 4) is 11.1 Å². The third kappa shape index (κ3) is 4.87. The van der Waals surface area contributed by atoms with Crippen LogP contribution in [0.25, 0.3) is 11.1 Å². The van der Waals surface area contributed by atoms with Gasteiger partial charge in [-0.25, -0.2) is 0 Å². The Kier molecular flexibility index (Phi) is 5.79. The van der Waals surface area contributed by atoms with Gasteiger partial charge in [0.15, 0.2) is 6.61 Å². The number of carbonyl (C=O) groups excluding carboxylic acids is 2. The van der Waals surface area contributed by atoms with E-state index >= 15 is 0 Å². The van der Waals surface area contributed by atoms with Gasteiger partial charge in [-0.15, -0.1) is 11.3 Å². The number of ether oxygens (including phenoxy) is 1. The van der Waals surface area contributed by atoms with E-state index in [-0.39, 0.29) is 18.8 Å². The Morgan fingerprint density at radius 3 is 2.20 bits per heavy atom. The van der Waals surface area contributed by atoms with Crippen molar-refractivity contribution in [1.82, 2.24) is 0 Å². The molecule has 0 atom stereocenters. The fourth-order valence-corrected chi connectivity index (χ4v) is 3.66. The van der Waals surface area contributed by atoms with Crippen LogP contribution in [0.1, 0.15) is 15.2 Å². The fourth-order valence-electron chi connectivity index (χ4n) is 2.34. The standard InChI is InChI=1S/C20H15BrO3S/c21-19-11-10-18(25-19)17(22)13-24-20(23)12-14-6-8-16(9-7-14)15-4-2-1-3-5-15/h1-11H,12-13H2. The molecule has 1 aromatic heterocycles. The van der Waals surface area contributed by atoms with Crippen LogP contribution in [-0.4, -0.2) is 18.4 Å². The number of hydrogen-bond donors (Lipinski definition) is 0. The monoisotopic (exact) mass is 414 g/mol. The van der Waals surface area contributed by atoms with Gasteiger partial charge in [-0.2, -0.15) is 0 Å². The summed E-state index contributed by atoms with van der Waals surface area (Å²) in [6, 6.07) is 21.3. The quantitative estimate of drug-likeness (QED) is 0.413. The lowest BCUT2D eigenvalue weighted by atomic mass is 10.0. The number of benzene rings is 2. The second-order valence-electron chi connectivity index (χ2n) is 5.43. The van der Waals surface area contributed by atoms with E-state index in [1.807, 2.05) is 54.6 Å². The van der Waals surface area contributed by atoms with Crippen molar-refractivity contribution >= 4 is 39.0 Å². The number of esters is 1. The SMILES string of the molecule is O=C(Cc1ccc(-c2ccccc2)cc1)OCC(=O)c1ccc(Br)s1. The third-order valence-electron chi connectivity index (χ3n) is 3.62. The minimum absolute atomic E-state index is 0.149. The molecule has 3 nitrogen and oxygen atoms in total. The highest BCUT2D eigenvalue weighted by atomic mass is 79.9. The Balaban J connectivity index is 1.53. The van der Waals surface area contributed by atoms with Gasteiger partial charge in [-0.3, -0.25) is 9.59 Å². The van der Waals surface area contributed by atoms with Crippen LogP contribution in [0.5, 0.6) is 0 Å². The maximum atomic E-state index is 11.9. The lowest BCUT2D eigenvalue weighted by Gasteiger charge is -2.05. The van der Waals surface area contributed by atoms with Gasteiger partial charge in [0.25, 0.3) is 0 Å². The van der Waals surface area contributed by atoms with Crippen molar-refractivity contribution in [3.63, 3.8) is 0 Å². The molecule has 0 spiro atoms. The highest BCUT2D eigenvalue weighted by Crippen LogP contribution is 2.22. The highest BCUT2D eigenvalue weighted by Gasteiger charge is 2.12. The summed E-state index contributed by atoms with van der Waals surface area (Å²) in [5, 5.41) is 0. The van der Waals surface area contributed by atoms with E-state index in [0.29, 0.717) is 4.88 Å². The first-order valence-corrected chi connectivity index (χ1v) is 9.31. The topological polar surface area (TPSA) is 43.4 Å². The van der Waals surface area contributed by atoms with Crippen molar-refractivity contribution in [2.45, 2.75) is 6.42 Å². The van der Waals surface area contributed by atoms with Crippen molar-refractivity contribution in [3.05, 3.63) is 81.0 Å². The first kappa shape index (κ1) is 17.6. The molecule has 1 heterocycles. The summed E-state index contributed by atoms with van der Waals surface area (Å²) in [7, 11) is 0. The van der Waals surface area contributed by atoms with Crippen molar-refractivity contribution < 1.29 is 14.3 Å². The molecule has 0 aliphatic rings. The summed E-state index contributed by atoms with van der Waals surface area (Å²) in [5.41, 5.74) is 3.08. The lowest BCUT2D eigenvalue weighted by Crippen LogP contribution is -2.14. The maximum Gasteiger partial charge on any atom is 0.310 e. The smallest absolute Gasteiger partial charge is 0.310 e. The van der Waals surface area contributed by atoms with E-state index in [1.54, 1.807) is 12.1 Å². The lowest BCUT2D eigenvalue weighted by molar-refractivity contribution is -0.141. The van der Waals surface area contributed by atoms with E-state index in [1.165, 1.54) is 11.3 Å². The molecule has 0 saturated heterocycles. The summed E-state index contributed by atoms with van der Waals surface area (Å²) in [6.45, 7) is -0.228. The number of thiophene rings is 1. The fraction of sp³-hybridized carbons (Fsp3) is 0.100. The minimum Gasteiger partial charge on any atom is -0.457 e. The first-order chi connectivity index (χ1) is 12.1. The second-order valence-corrected chi connectivity index (χ2v) is 7.89. The van der Waals surface area contributed by atoms with Crippen LogP contribution in [0.2, 0.25) is 0 Å². The Hall–Kier alpha value is -2.24. The van der Waals surface area contributed by atoms with Crippen LogP contribution in [0.4, 0.5) is 0 Å². The zero-order valence-corrected chi connectivity index (χ0v) is 15.7. The van der Waals surface area contributed by atoms with Crippen LogP contribution in [0.15, 0.2) is 70.5 Å². The first-order valence-electron chi connectivity index (χ1n) is 7.70. The number of carbonyl (C=O) groups is 2. The number of Topliss-reactive ketones (excluding diaryl/α,β-unsaturated/α-hetero) is 1. The summed E-state index contributed by atoms with van der Waals surface area (Å²) in [5.74, 6) is -0.597. The molecule has 0 unspecified atom stereocenters. The summed E-state index contributed by atoms with van der Waals surface area (Å²) in [4.78, 5) is 24.4. The molecule has 0 amide bonds. The normalized spacial score (nSPS) is 10.4. The number of rotatable bonds is 6. The van der Waals surface area contributed by atoms with Crippen molar-refractivity contribution in [2.75, 3.05) is 6.61 Å². The molecule has 0 aliphatic carbocycles. The molecule has 0 saturated carbocycles. The summed E-state index contributed by atoms with van der Waals surface area (Å²) < 4.78 is 5.96. The zero-order valence-electron chi connectivity index (χ0n) is 13.3. The van der Waals surface area contributed by atoms with E-state index in [9.17, 15) is 9.59 Å². The molecule has 3 rings (SSSR count). The van der Waals surface area contributed by atoms with Crippen molar-refractivity contribution in [1.29, 1.82) is 0 Å². The van der Waals surface area contributed by atoms with Crippen LogP contribution in [-0.2, 0) is 16.0 Å². The molecular weight excluding hydrogens is 400 g/mol. The Labute approximate surface area is 158 Å². The van der Waals surface area contributed by atoms with E-state index < -0.39 is 5.97 Å². The molecular formula is C20H15BrO3S. The third-order valence-corrected chi connectivity index (χ3v) is 5.29. The van der Waals surface area contributed by atoms with Gasteiger partial charge in [0.1, 0.15) is 0 Å². The molecule has 5 heteroatoms. The molecule has 0 bridgehead atoms. The maximum absolute atomic E-state index is 11.9. The summed E-state index contributed by atoms with van der Waals surface area (Å²) in [6.07, 6.45) is 0.149. The van der Waals surface area contributed by atoms with E-state index in [4.69, 9.17) is 4.74 Å². The van der Waals surface area contributed by atoms with Crippen LogP contribution >= 0.6 is 27.3 Å². The number of halogens is 1. The minimum atomic E-state index is -0.406. The van der Waals surface area contributed by atoms with Crippen LogP contribution in [0, 0.1) is 0 Å². The Bertz CT molecular complexity index is 869. The highest BCUT2D eigenvalue weighted by molar-refractivity contribution is 9.11. The molecule has 25 heavy (non-hydrogen) atoms. The average molecular weight is 415 g/mol. The Morgan fingerprint density at radius 1 is 0.880 bits per heavy atom. The van der Waals surface area contributed by atoms with E-state index in [0.717, 1.165) is 20.5 Å².